The summed E-state index contributed by atoms with van der Waals surface area (Å²) in [6, 6.07) is 0. The van der Waals surface area contributed by atoms with Crippen molar-refractivity contribution in [2.75, 3.05) is 33.2 Å². The zero-order valence-electron chi connectivity index (χ0n) is 8.79. The van der Waals surface area contributed by atoms with Crippen LogP contribution < -0.4 is 0 Å². The molecule has 0 saturated carbocycles. The van der Waals surface area contributed by atoms with Gasteiger partial charge in [-0.05, 0) is 26.1 Å². The molecule has 78 valence electrons. The molecule has 0 aromatic carbocycles. The van der Waals surface area contributed by atoms with E-state index in [9.17, 15) is 0 Å². The van der Waals surface area contributed by atoms with Crippen LogP contribution in [0.3, 0.4) is 0 Å². The molecule has 0 unspecified atom stereocenters. The molecule has 0 aliphatic carbocycles. The number of nitrogens with zero attached hydrogens (tertiary/aromatic N) is 2. The minimum absolute atomic E-state index is 0.680. The predicted molar refractivity (Wildman–Crippen MR) is 66.6 cm³/mol. The van der Waals surface area contributed by atoms with E-state index in [0.717, 1.165) is 32.6 Å². The van der Waals surface area contributed by atoms with Crippen LogP contribution in [0.15, 0.2) is 0 Å². The van der Waals surface area contributed by atoms with Crippen molar-refractivity contribution in [3.05, 3.63) is 0 Å². The number of thiol groups is 1. The first kappa shape index (κ1) is 13.2. The molecule has 0 aliphatic rings. The van der Waals surface area contributed by atoms with Crippen LogP contribution in [0, 0.1) is 0 Å². The Morgan fingerprint density at radius 1 is 1.23 bits per heavy atom. The van der Waals surface area contributed by atoms with Crippen molar-refractivity contribution in [3.63, 3.8) is 0 Å². The van der Waals surface area contributed by atoms with Gasteiger partial charge >= 0.3 is 0 Å². The summed E-state index contributed by atoms with van der Waals surface area (Å²) in [6.45, 7) is 8.79. The van der Waals surface area contributed by atoms with Crippen LogP contribution in [0.25, 0.3) is 0 Å². The van der Waals surface area contributed by atoms with Gasteiger partial charge in [0.1, 0.15) is 4.32 Å². The van der Waals surface area contributed by atoms with Crippen LogP contribution in [0.1, 0.15) is 20.3 Å². The fraction of sp³-hybridized carbons (Fsp3) is 0.889. The van der Waals surface area contributed by atoms with Gasteiger partial charge < -0.3 is 9.80 Å². The van der Waals surface area contributed by atoms with Gasteiger partial charge in [0, 0.05) is 13.6 Å². The fourth-order valence-corrected chi connectivity index (χ4v) is 1.36. The third-order valence-electron chi connectivity index (χ3n) is 2.19. The molecular weight excluding hydrogens is 200 g/mol. The SMILES string of the molecule is CCN(CC)CCCN(C)C(=S)S. The Hall–Kier alpha value is 0.200. The highest BCUT2D eigenvalue weighted by molar-refractivity contribution is 8.10. The second kappa shape index (κ2) is 7.59. The molecule has 0 atom stereocenters. The first-order chi connectivity index (χ1) is 6.11. The third kappa shape index (κ3) is 6.29. The molecular formula is C9H20N2S2. The molecule has 13 heavy (non-hydrogen) atoms. The first-order valence-electron chi connectivity index (χ1n) is 4.78. The van der Waals surface area contributed by atoms with Gasteiger partial charge in [0.25, 0.3) is 0 Å². The Morgan fingerprint density at radius 2 is 1.77 bits per heavy atom. The number of thiocarbonyl (C=S) groups is 1. The van der Waals surface area contributed by atoms with Gasteiger partial charge in [0.05, 0.1) is 0 Å². The normalized spacial score (nSPS) is 10.5. The second-order valence-corrected chi connectivity index (χ2v) is 4.20. The maximum atomic E-state index is 4.93. The Labute approximate surface area is 92.7 Å². The zero-order chi connectivity index (χ0) is 10.3. The summed E-state index contributed by atoms with van der Waals surface area (Å²) < 4.78 is 0.680. The summed E-state index contributed by atoms with van der Waals surface area (Å²) >= 11 is 9.04. The number of hydrogen-bond acceptors (Lipinski definition) is 2. The maximum Gasteiger partial charge on any atom is 0.133 e. The largest absolute Gasteiger partial charge is 0.361 e. The first-order valence-corrected chi connectivity index (χ1v) is 5.63. The van der Waals surface area contributed by atoms with E-state index in [-0.39, 0.29) is 0 Å². The quantitative estimate of drug-likeness (QED) is 0.540. The molecule has 0 rings (SSSR count). The van der Waals surface area contributed by atoms with Crippen LogP contribution in [0.4, 0.5) is 0 Å². The van der Waals surface area contributed by atoms with Crippen molar-refractivity contribution in [1.29, 1.82) is 0 Å². The van der Waals surface area contributed by atoms with E-state index in [2.05, 4.69) is 31.4 Å². The molecule has 0 saturated heterocycles. The molecule has 0 aliphatic heterocycles. The lowest BCUT2D eigenvalue weighted by molar-refractivity contribution is 0.289. The van der Waals surface area contributed by atoms with E-state index >= 15 is 0 Å². The highest BCUT2D eigenvalue weighted by atomic mass is 32.1. The minimum atomic E-state index is 0.680. The van der Waals surface area contributed by atoms with E-state index in [1.54, 1.807) is 0 Å². The Morgan fingerprint density at radius 3 is 2.15 bits per heavy atom. The molecule has 0 N–H and O–H groups in total. The van der Waals surface area contributed by atoms with Crippen LogP contribution in [0.5, 0.6) is 0 Å². The smallest absolute Gasteiger partial charge is 0.133 e. The molecule has 0 aromatic rings. The summed E-state index contributed by atoms with van der Waals surface area (Å²) in [7, 11) is 1.98. The molecule has 0 aromatic heterocycles. The van der Waals surface area contributed by atoms with E-state index in [4.69, 9.17) is 12.2 Å². The van der Waals surface area contributed by atoms with Gasteiger partial charge in [0.15, 0.2) is 0 Å². The topological polar surface area (TPSA) is 6.48 Å². The maximum absolute atomic E-state index is 4.93. The lowest BCUT2D eigenvalue weighted by Gasteiger charge is -2.21. The lowest BCUT2D eigenvalue weighted by Crippen LogP contribution is -2.29. The van der Waals surface area contributed by atoms with Crippen LogP contribution in [0.2, 0.25) is 0 Å². The van der Waals surface area contributed by atoms with Gasteiger partial charge in [0.2, 0.25) is 0 Å². The number of rotatable bonds is 6. The predicted octanol–water partition coefficient (Wildman–Crippen LogP) is 1.86. The van der Waals surface area contributed by atoms with Crippen molar-refractivity contribution < 1.29 is 0 Å². The monoisotopic (exact) mass is 220 g/mol. The number of hydrogen-bond donors (Lipinski definition) is 1. The highest BCUT2D eigenvalue weighted by Crippen LogP contribution is 1.96. The van der Waals surface area contributed by atoms with Crippen molar-refractivity contribution in [2.24, 2.45) is 0 Å². The Kier molecular flexibility index (Phi) is 7.71. The van der Waals surface area contributed by atoms with E-state index in [1.165, 1.54) is 0 Å². The van der Waals surface area contributed by atoms with Crippen LogP contribution in [-0.2, 0) is 0 Å². The van der Waals surface area contributed by atoms with Crippen molar-refractivity contribution >= 4 is 29.2 Å². The second-order valence-electron chi connectivity index (χ2n) is 3.08. The molecule has 0 radical (unpaired) electrons. The van der Waals surface area contributed by atoms with E-state index < -0.39 is 0 Å². The van der Waals surface area contributed by atoms with Crippen LogP contribution >= 0.6 is 24.8 Å². The summed E-state index contributed by atoms with van der Waals surface area (Å²) in [5.41, 5.74) is 0. The lowest BCUT2D eigenvalue weighted by atomic mass is 10.3. The summed E-state index contributed by atoms with van der Waals surface area (Å²) in [5, 5.41) is 0. The molecule has 0 amide bonds. The molecule has 0 fully saturated rings. The Bertz CT molecular complexity index is 147. The standard InChI is InChI=1S/C9H20N2S2/c1-4-11(5-2)8-6-7-10(3)9(12)13/h4-8H2,1-3H3,(H,12,13). The van der Waals surface area contributed by atoms with Gasteiger partial charge in [-0.25, -0.2) is 0 Å². The molecule has 0 heterocycles. The van der Waals surface area contributed by atoms with Gasteiger partial charge in [-0.1, -0.05) is 26.1 Å². The average Bonchev–Trinajstić information content (AvgIpc) is 2.12. The van der Waals surface area contributed by atoms with Crippen molar-refractivity contribution in [3.8, 4) is 0 Å². The fourth-order valence-electron chi connectivity index (χ4n) is 1.17. The molecule has 0 spiro atoms. The molecule has 4 heteroatoms. The molecule has 0 bridgehead atoms. The average molecular weight is 220 g/mol. The minimum Gasteiger partial charge on any atom is -0.361 e. The van der Waals surface area contributed by atoms with E-state index in [1.807, 2.05) is 11.9 Å². The summed E-state index contributed by atoms with van der Waals surface area (Å²) in [6.07, 6.45) is 1.15. The van der Waals surface area contributed by atoms with Crippen molar-refractivity contribution in [2.45, 2.75) is 20.3 Å². The van der Waals surface area contributed by atoms with E-state index in [0.29, 0.717) is 4.32 Å². The third-order valence-corrected chi connectivity index (χ3v) is 2.84. The summed E-state index contributed by atoms with van der Waals surface area (Å²) in [5.74, 6) is 0. The van der Waals surface area contributed by atoms with Crippen molar-refractivity contribution in [1.82, 2.24) is 9.80 Å². The van der Waals surface area contributed by atoms with Gasteiger partial charge in [-0.3, -0.25) is 0 Å². The summed E-state index contributed by atoms with van der Waals surface area (Å²) in [4.78, 5) is 4.41. The zero-order valence-corrected chi connectivity index (χ0v) is 10.5. The molecule has 2 nitrogen and oxygen atoms in total. The van der Waals surface area contributed by atoms with Gasteiger partial charge in [-0.15, -0.1) is 12.6 Å². The van der Waals surface area contributed by atoms with Gasteiger partial charge in [-0.2, -0.15) is 0 Å². The van der Waals surface area contributed by atoms with Crippen LogP contribution in [-0.4, -0.2) is 47.3 Å². The highest BCUT2D eigenvalue weighted by Gasteiger charge is 2.01. The Balaban J connectivity index is 3.48.